The van der Waals surface area contributed by atoms with Gasteiger partial charge in [0.2, 0.25) is 0 Å². The minimum atomic E-state index is -1.05. The molecule has 0 bridgehead atoms. The molecule has 0 spiro atoms. The van der Waals surface area contributed by atoms with Crippen molar-refractivity contribution in [1.82, 2.24) is 20.2 Å². The highest BCUT2D eigenvalue weighted by atomic mass is 16.4. The number of terminal acetylenes is 1. The van der Waals surface area contributed by atoms with Crippen LogP contribution < -0.4 is 5.32 Å². The Balaban J connectivity index is 2.14. The molecule has 7 nitrogen and oxygen atoms in total. The standard InChI is InChI=1S/C14H18N4O3/c1-3-5-9(4-2)17-14(21)18-7-11-10(15-8-16-11)6-12(18)13(19)20/h2,8-9,12H,3,5-7H2,1H3,(H,15,16)(H,17,21)(H,19,20). The molecule has 2 unspecified atom stereocenters. The molecule has 3 N–H and O–H groups in total. The summed E-state index contributed by atoms with van der Waals surface area (Å²) in [7, 11) is 0. The molecule has 1 aliphatic heterocycles. The molecule has 0 saturated heterocycles. The highest BCUT2D eigenvalue weighted by Crippen LogP contribution is 2.21. The zero-order valence-corrected chi connectivity index (χ0v) is 11.8. The third-order valence-corrected chi connectivity index (χ3v) is 3.52. The minimum Gasteiger partial charge on any atom is -0.480 e. The normalized spacial score (nSPS) is 18.5. The van der Waals surface area contributed by atoms with Gasteiger partial charge in [-0.15, -0.1) is 6.42 Å². The van der Waals surface area contributed by atoms with Crippen LogP contribution in [0.4, 0.5) is 4.79 Å². The summed E-state index contributed by atoms with van der Waals surface area (Å²) >= 11 is 0. The predicted molar refractivity (Wildman–Crippen MR) is 75.3 cm³/mol. The van der Waals surface area contributed by atoms with E-state index in [1.54, 1.807) is 0 Å². The number of fused-ring (bicyclic) bond motifs is 1. The topological polar surface area (TPSA) is 98.3 Å². The van der Waals surface area contributed by atoms with Crippen LogP contribution in [-0.2, 0) is 17.8 Å². The van der Waals surface area contributed by atoms with Crippen LogP contribution >= 0.6 is 0 Å². The fraction of sp³-hybridized carbons (Fsp3) is 0.500. The van der Waals surface area contributed by atoms with Crippen molar-refractivity contribution in [2.45, 2.75) is 44.8 Å². The number of urea groups is 1. The van der Waals surface area contributed by atoms with Crippen molar-refractivity contribution in [3.63, 3.8) is 0 Å². The van der Waals surface area contributed by atoms with E-state index < -0.39 is 18.0 Å². The molecule has 2 heterocycles. The lowest BCUT2D eigenvalue weighted by molar-refractivity contribution is -0.142. The number of carboxylic acid groups (broad SMARTS) is 1. The van der Waals surface area contributed by atoms with Gasteiger partial charge in [0.15, 0.2) is 0 Å². The lowest BCUT2D eigenvalue weighted by Crippen LogP contribution is -2.54. The van der Waals surface area contributed by atoms with E-state index in [2.05, 4.69) is 21.2 Å². The summed E-state index contributed by atoms with van der Waals surface area (Å²) in [5.74, 6) is 1.46. The number of H-pyrrole nitrogens is 1. The molecule has 2 atom stereocenters. The Morgan fingerprint density at radius 2 is 2.48 bits per heavy atom. The Kier molecular flexibility index (Phi) is 4.48. The number of hydrogen-bond acceptors (Lipinski definition) is 3. The number of aromatic amines is 1. The molecule has 1 aromatic rings. The summed E-state index contributed by atoms with van der Waals surface area (Å²) in [6.07, 6.45) is 8.56. The Morgan fingerprint density at radius 3 is 3.10 bits per heavy atom. The van der Waals surface area contributed by atoms with Gasteiger partial charge in [0.25, 0.3) is 0 Å². The molecular formula is C14H18N4O3. The number of amides is 2. The molecule has 0 saturated carbocycles. The summed E-state index contributed by atoms with van der Waals surface area (Å²) in [5, 5.41) is 12.0. The van der Waals surface area contributed by atoms with Gasteiger partial charge in [0, 0.05) is 6.42 Å². The van der Waals surface area contributed by atoms with Gasteiger partial charge >= 0.3 is 12.0 Å². The second-order valence-corrected chi connectivity index (χ2v) is 4.97. The summed E-state index contributed by atoms with van der Waals surface area (Å²) in [4.78, 5) is 32.0. The maximum absolute atomic E-state index is 12.3. The van der Waals surface area contributed by atoms with E-state index in [0.29, 0.717) is 12.1 Å². The first kappa shape index (κ1) is 14.9. The number of nitrogens with zero attached hydrogens (tertiary/aromatic N) is 2. The first-order valence-electron chi connectivity index (χ1n) is 6.84. The second-order valence-electron chi connectivity index (χ2n) is 4.97. The van der Waals surface area contributed by atoms with Gasteiger partial charge in [-0.3, -0.25) is 0 Å². The van der Waals surface area contributed by atoms with E-state index in [1.807, 2.05) is 6.92 Å². The van der Waals surface area contributed by atoms with Crippen LogP contribution in [0.25, 0.3) is 0 Å². The van der Waals surface area contributed by atoms with Crippen LogP contribution in [0.1, 0.15) is 31.2 Å². The summed E-state index contributed by atoms with van der Waals surface area (Å²) in [6.45, 7) is 2.15. The smallest absolute Gasteiger partial charge is 0.326 e. The molecule has 0 fully saturated rings. The highest BCUT2D eigenvalue weighted by molar-refractivity contribution is 5.83. The van der Waals surface area contributed by atoms with Crippen LogP contribution in [0, 0.1) is 12.3 Å². The molecule has 112 valence electrons. The van der Waals surface area contributed by atoms with Gasteiger partial charge in [0.05, 0.1) is 30.3 Å². The number of imidazole rings is 1. The van der Waals surface area contributed by atoms with Gasteiger partial charge in [-0.1, -0.05) is 19.3 Å². The minimum absolute atomic E-state index is 0.182. The number of rotatable bonds is 4. The molecule has 21 heavy (non-hydrogen) atoms. The van der Waals surface area contributed by atoms with Crippen molar-refractivity contribution in [2.24, 2.45) is 0 Å². The number of carbonyl (C=O) groups excluding carboxylic acids is 1. The molecule has 0 aromatic carbocycles. The average Bonchev–Trinajstić information content (AvgIpc) is 2.92. The fourth-order valence-electron chi connectivity index (χ4n) is 2.39. The maximum Gasteiger partial charge on any atom is 0.326 e. The van der Waals surface area contributed by atoms with Crippen LogP contribution in [0.15, 0.2) is 6.33 Å². The van der Waals surface area contributed by atoms with E-state index in [0.717, 1.165) is 12.1 Å². The quantitative estimate of drug-likeness (QED) is 0.712. The fourth-order valence-corrected chi connectivity index (χ4v) is 2.39. The van der Waals surface area contributed by atoms with Crippen molar-refractivity contribution in [3.05, 3.63) is 17.7 Å². The van der Waals surface area contributed by atoms with Gasteiger partial charge in [-0.2, -0.15) is 0 Å². The molecule has 7 heteroatoms. The third-order valence-electron chi connectivity index (χ3n) is 3.52. The summed E-state index contributed by atoms with van der Waals surface area (Å²) < 4.78 is 0. The zero-order valence-electron chi connectivity index (χ0n) is 11.8. The first-order valence-corrected chi connectivity index (χ1v) is 6.84. The van der Waals surface area contributed by atoms with Crippen molar-refractivity contribution >= 4 is 12.0 Å². The Morgan fingerprint density at radius 1 is 1.71 bits per heavy atom. The Bertz CT molecular complexity index is 575. The lowest BCUT2D eigenvalue weighted by atomic mass is 10.0. The SMILES string of the molecule is C#CC(CCC)NC(=O)N1Cc2[nH]cnc2CC1C(=O)O. The molecular weight excluding hydrogens is 272 g/mol. The van der Waals surface area contributed by atoms with Crippen LogP contribution in [0.3, 0.4) is 0 Å². The molecule has 0 radical (unpaired) electrons. The van der Waals surface area contributed by atoms with Gasteiger partial charge < -0.3 is 20.3 Å². The van der Waals surface area contributed by atoms with E-state index in [1.165, 1.54) is 11.2 Å². The summed E-state index contributed by atoms with van der Waals surface area (Å²) in [6, 6.07) is -1.78. The van der Waals surface area contributed by atoms with Gasteiger partial charge in [-0.25, -0.2) is 14.6 Å². The summed E-state index contributed by atoms with van der Waals surface area (Å²) in [5.41, 5.74) is 1.45. The highest BCUT2D eigenvalue weighted by Gasteiger charge is 2.36. The van der Waals surface area contributed by atoms with Gasteiger partial charge in [-0.05, 0) is 6.42 Å². The van der Waals surface area contributed by atoms with E-state index in [-0.39, 0.29) is 19.0 Å². The average molecular weight is 290 g/mol. The van der Waals surface area contributed by atoms with E-state index in [4.69, 9.17) is 6.42 Å². The number of carboxylic acids is 1. The Hall–Kier alpha value is -2.49. The number of aliphatic carboxylic acids is 1. The molecule has 2 amide bonds. The number of carbonyl (C=O) groups is 2. The Labute approximate surface area is 122 Å². The zero-order chi connectivity index (χ0) is 15.4. The second kappa shape index (κ2) is 6.31. The molecule has 1 aromatic heterocycles. The number of aromatic nitrogens is 2. The largest absolute Gasteiger partial charge is 0.480 e. The molecule has 1 aliphatic rings. The van der Waals surface area contributed by atoms with Crippen molar-refractivity contribution in [2.75, 3.05) is 0 Å². The van der Waals surface area contributed by atoms with Crippen molar-refractivity contribution in [3.8, 4) is 12.3 Å². The van der Waals surface area contributed by atoms with E-state index >= 15 is 0 Å². The molecule has 0 aliphatic carbocycles. The number of hydrogen-bond donors (Lipinski definition) is 3. The number of nitrogens with one attached hydrogen (secondary N) is 2. The monoisotopic (exact) mass is 290 g/mol. The molecule has 2 rings (SSSR count). The van der Waals surface area contributed by atoms with Crippen LogP contribution in [0.2, 0.25) is 0 Å². The van der Waals surface area contributed by atoms with Crippen molar-refractivity contribution in [1.29, 1.82) is 0 Å². The van der Waals surface area contributed by atoms with Gasteiger partial charge in [0.1, 0.15) is 6.04 Å². The lowest BCUT2D eigenvalue weighted by Gasteiger charge is -2.33. The van der Waals surface area contributed by atoms with E-state index in [9.17, 15) is 14.7 Å². The van der Waals surface area contributed by atoms with Crippen molar-refractivity contribution < 1.29 is 14.7 Å². The van der Waals surface area contributed by atoms with Crippen LogP contribution in [0.5, 0.6) is 0 Å². The predicted octanol–water partition coefficient (Wildman–Crippen LogP) is 0.732. The van der Waals surface area contributed by atoms with Crippen LogP contribution in [-0.4, -0.2) is 44.1 Å². The first-order chi connectivity index (χ1) is 10.1. The third kappa shape index (κ3) is 3.16. The maximum atomic E-state index is 12.3.